The molecular formula is C8H10ClN3O. The highest BCUT2D eigenvalue weighted by Crippen LogP contribution is 2.03. The highest BCUT2D eigenvalue weighted by atomic mass is 35.5. The zero-order chi connectivity index (χ0) is 9.84. The maximum Gasteiger partial charge on any atom is 0.241 e. The van der Waals surface area contributed by atoms with Crippen LogP contribution in [0.5, 0.6) is 0 Å². The van der Waals surface area contributed by atoms with Crippen LogP contribution in [-0.2, 0) is 4.79 Å². The summed E-state index contributed by atoms with van der Waals surface area (Å²) in [5, 5.41) is 2.48. The Kier molecular flexibility index (Phi) is 3.19. The monoisotopic (exact) mass is 199 g/mol. The average molecular weight is 200 g/mol. The highest BCUT2D eigenvalue weighted by Gasteiger charge is 2.03. The highest BCUT2D eigenvalue weighted by molar-refractivity contribution is 6.28. The summed E-state index contributed by atoms with van der Waals surface area (Å²) in [4.78, 5) is 18.9. The number of carbonyl (C=O) groups is 1. The molecule has 13 heavy (non-hydrogen) atoms. The molecule has 0 bridgehead atoms. The zero-order valence-corrected chi connectivity index (χ0v) is 8.22. The Hall–Kier alpha value is -1.16. The van der Waals surface area contributed by atoms with Crippen LogP contribution in [0.15, 0.2) is 6.07 Å². The summed E-state index contributed by atoms with van der Waals surface area (Å²) in [5.74, 6) is -0.0779. The summed E-state index contributed by atoms with van der Waals surface area (Å²) in [6.45, 7) is 3.68. The lowest BCUT2D eigenvalue weighted by Gasteiger charge is -2.02. The number of nitrogens with one attached hydrogen (secondary N) is 1. The SMILES string of the molecule is Cc1cc(C)nc(NC(=O)CCl)n1. The van der Waals surface area contributed by atoms with Crippen LogP contribution >= 0.6 is 11.6 Å². The maximum absolute atomic E-state index is 10.9. The van der Waals surface area contributed by atoms with Crippen LogP contribution in [0.2, 0.25) is 0 Å². The molecule has 0 aliphatic rings. The molecule has 1 heterocycles. The average Bonchev–Trinajstić information content (AvgIpc) is 2.02. The van der Waals surface area contributed by atoms with Crippen molar-refractivity contribution in [1.82, 2.24) is 9.97 Å². The van der Waals surface area contributed by atoms with E-state index in [0.717, 1.165) is 11.4 Å². The van der Waals surface area contributed by atoms with Gasteiger partial charge in [-0.3, -0.25) is 10.1 Å². The van der Waals surface area contributed by atoms with E-state index < -0.39 is 0 Å². The topological polar surface area (TPSA) is 54.9 Å². The second kappa shape index (κ2) is 4.18. The summed E-state index contributed by atoms with van der Waals surface area (Å²) in [7, 11) is 0. The third kappa shape index (κ3) is 2.99. The third-order valence-corrected chi connectivity index (χ3v) is 1.60. The van der Waals surface area contributed by atoms with Crippen LogP contribution in [-0.4, -0.2) is 21.8 Å². The van der Waals surface area contributed by atoms with Crippen LogP contribution in [0.4, 0.5) is 5.95 Å². The minimum atomic E-state index is -0.299. The van der Waals surface area contributed by atoms with E-state index in [1.807, 2.05) is 19.9 Å². The number of aryl methyl sites for hydroxylation is 2. The van der Waals surface area contributed by atoms with Crippen LogP contribution < -0.4 is 5.32 Å². The van der Waals surface area contributed by atoms with Crippen molar-refractivity contribution in [3.8, 4) is 0 Å². The van der Waals surface area contributed by atoms with E-state index in [4.69, 9.17) is 11.6 Å². The number of rotatable bonds is 2. The van der Waals surface area contributed by atoms with E-state index in [1.165, 1.54) is 0 Å². The largest absolute Gasteiger partial charge is 0.293 e. The van der Waals surface area contributed by atoms with E-state index in [9.17, 15) is 4.79 Å². The van der Waals surface area contributed by atoms with Gasteiger partial charge in [0.25, 0.3) is 0 Å². The molecule has 0 aliphatic carbocycles. The minimum Gasteiger partial charge on any atom is -0.293 e. The van der Waals surface area contributed by atoms with Crippen molar-refractivity contribution in [1.29, 1.82) is 0 Å². The van der Waals surface area contributed by atoms with Crippen LogP contribution in [0, 0.1) is 13.8 Å². The smallest absolute Gasteiger partial charge is 0.241 e. The second-order valence-corrected chi connectivity index (χ2v) is 2.92. The van der Waals surface area contributed by atoms with Gasteiger partial charge in [-0.1, -0.05) is 0 Å². The van der Waals surface area contributed by atoms with Crippen LogP contribution in [0.3, 0.4) is 0 Å². The fourth-order valence-electron chi connectivity index (χ4n) is 0.940. The molecule has 0 fully saturated rings. The van der Waals surface area contributed by atoms with Gasteiger partial charge in [0.05, 0.1) is 0 Å². The fourth-order valence-corrected chi connectivity index (χ4v) is 1.01. The Bertz CT molecular complexity index is 307. The summed E-state index contributed by atoms with van der Waals surface area (Å²) >= 11 is 5.31. The van der Waals surface area contributed by atoms with Crippen molar-refractivity contribution in [2.24, 2.45) is 0 Å². The van der Waals surface area contributed by atoms with Gasteiger partial charge in [0.15, 0.2) is 0 Å². The number of anilines is 1. The van der Waals surface area contributed by atoms with E-state index in [2.05, 4.69) is 15.3 Å². The van der Waals surface area contributed by atoms with Gasteiger partial charge in [0.1, 0.15) is 5.88 Å². The van der Waals surface area contributed by atoms with Crippen LogP contribution in [0.1, 0.15) is 11.4 Å². The van der Waals surface area contributed by atoms with Gasteiger partial charge in [-0.2, -0.15) is 0 Å². The Morgan fingerprint density at radius 1 is 1.46 bits per heavy atom. The molecule has 1 aromatic heterocycles. The van der Waals surface area contributed by atoms with E-state index in [0.29, 0.717) is 5.95 Å². The maximum atomic E-state index is 10.9. The molecule has 70 valence electrons. The number of alkyl halides is 1. The lowest BCUT2D eigenvalue weighted by Crippen LogP contribution is -2.15. The van der Waals surface area contributed by atoms with Gasteiger partial charge < -0.3 is 0 Å². The molecule has 0 atom stereocenters. The Morgan fingerprint density at radius 3 is 2.46 bits per heavy atom. The van der Waals surface area contributed by atoms with Crippen LogP contribution in [0.25, 0.3) is 0 Å². The number of hydrogen-bond donors (Lipinski definition) is 1. The molecule has 0 aromatic carbocycles. The third-order valence-electron chi connectivity index (χ3n) is 1.35. The van der Waals surface area contributed by atoms with Gasteiger partial charge in [-0.05, 0) is 19.9 Å². The molecule has 0 saturated heterocycles. The van der Waals surface area contributed by atoms with Crippen molar-refractivity contribution in [3.05, 3.63) is 17.5 Å². The molecule has 1 aromatic rings. The number of nitrogens with zero attached hydrogens (tertiary/aromatic N) is 2. The van der Waals surface area contributed by atoms with E-state index in [-0.39, 0.29) is 11.8 Å². The molecule has 1 N–H and O–H groups in total. The molecule has 1 amide bonds. The lowest BCUT2D eigenvalue weighted by molar-refractivity contribution is -0.114. The van der Waals surface area contributed by atoms with Crippen molar-refractivity contribution in [3.63, 3.8) is 0 Å². The van der Waals surface area contributed by atoms with Gasteiger partial charge in [0.2, 0.25) is 11.9 Å². The molecule has 0 unspecified atom stereocenters. The number of amides is 1. The molecule has 0 saturated carbocycles. The number of aromatic nitrogens is 2. The molecule has 0 radical (unpaired) electrons. The molecule has 0 spiro atoms. The second-order valence-electron chi connectivity index (χ2n) is 2.66. The first-order valence-corrected chi connectivity index (χ1v) is 4.33. The van der Waals surface area contributed by atoms with Gasteiger partial charge >= 0.3 is 0 Å². The number of carbonyl (C=O) groups excluding carboxylic acids is 1. The van der Waals surface area contributed by atoms with Crippen molar-refractivity contribution >= 4 is 23.5 Å². The van der Waals surface area contributed by atoms with Gasteiger partial charge in [-0.15, -0.1) is 11.6 Å². The summed E-state index contributed by atoms with van der Waals surface area (Å²) in [6, 6.07) is 1.83. The Balaban J connectivity index is 2.83. The molecule has 0 aliphatic heterocycles. The quantitative estimate of drug-likeness (QED) is 0.730. The Labute approximate surface area is 81.3 Å². The molecule has 1 rings (SSSR count). The number of hydrogen-bond acceptors (Lipinski definition) is 3. The number of halogens is 1. The summed E-state index contributed by atoms with van der Waals surface area (Å²) in [6.07, 6.45) is 0. The van der Waals surface area contributed by atoms with E-state index >= 15 is 0 Å². The van der Waals surface area contributed by atoms with Crippen molar-refractivity contribution < 1.29 is 4.79 Å². The first kappa shape index (κ1) is 9.92. The summed E-state index contributed by atoms with van der Waals surface area (Å²) in [5.41, 5.74) is 1.63. The molecule has 5 heteroatoms. The predicted octanol–water partition coefficient (Wildman–Crippen LogP) is 1.27. The van der Waals surface area contributed by atoms with Crippen molar-refractivity contribution in [2.75, 3.05) is 11.2 Å². The molecule has 4 nitrogen and oxygen atoms in total. The van der Waals surface area contributed by atoms with Gasteiger partial charge in [-0.25, -0.2) is 9.97 Å². The first-order valence-electron chi connectivity index (χ1n) is 3.80. The fraction of sp³-hybridized carbons (Fsp3) is 0.375. The molecular weight excluding hydrogens is 190 g/mol. The Morgan fingerprint density at radius 2 is 2.00 bits per heavy atom. The van der Waals surface area contributed by atoms with E-state index in [1.54, 1.807) is 0 Å². The summed E-state index contributed by atoms with van der Waals surface area (Å²) < 4.78 is 0. The normalized spacial score (nSPS) is 9.77. The van der Waals surface area contributed by atoms with Gasteiger partial charge in [0, 0.05) is 11.4 Å². The first-order chi connectivity index (χ1) is 6.11. The zero-order valence-electron chi connectivity index (χ0n) is 7.47. The standard InChI is InChI=1S/C8H10ClN3O/c1-5-3-6(2)11-8(10-5)12-7(13)4-9/h3H,4H2,1-2H3,(H,10,11,12,13). The van der Waals surface area contributed by atoms with Crippen molar-refractivity contribution in [2.45, 2.75) is 13.8 Å². The predicted molar refractivity (Wildman–Crippen MR) is 50.9 cm³/mol. The lowest BCUT2D eigenvalue weighted by atomic mass is 10.4. The minimum absolute atomic E-state index is 0.0870.